The minimum absolute atomic E-state index is 0. The van der Waals surface area contributed by atoms with Crippen molar-refractivity contribution in [2.75, 3.05) is 13.1 Å². The van der Waals surface area contributed by atoms with Crippen LogP contribution in [0.5, 0.6) is 0 Å². The van der Waals surface area contributed by atoms with Crippen LogP contribution in [0.3, 0.4) is 0 Å². The second kappa shape index (κ2) is 8.17. The van der Waals surface area contributed by atoms with Crippen molar-refractivity contribution in [3.05, 3.63) is 35.4 Å². The monoisotopic (exact) mass is 304 g/mol. The lowest BCUT2D eigenvalue weighted by Crippen LogP contribution is -2.45. The average Bonchev–Trinajstić information content (AvgIpc) is 2.41. The van der Waals surface area contributed by atoms with E-state index in [-0.39, 0.29) is 42.8 Å². The second-order valence-electron chi connectivity index (χ2n) is 4.85. The van der Waals surface area contributed by atoms with Crippen molar-refractivity contribution in [1.82, 2.24) is 10.6 Å². The van der Waals surface area contributed by atoms with Crippen LogP contribution >= 0.6 is 12.4 Å². The van der Waals surface area contributed by atoms with Crippen LogP contribution in [-0.2, 0) is 11.2 Å². The van der Waals surface area contributed by atoms with E-state index in [1.807, 2.05) is 0 Å². The quantitative estimate of drug-likeness (QED) is 0.895. The summed E-state index contributed by atoms with van der Waals surface area (Å²) in [5.74, 6) is -1.06. The molecular weight excluding hydrogens is 286 g/mol. The first-order valence-electron chi connectivity index (χ1n) is 6.59. The van der Waals surface area contributed by atoms with E-state index in [4.69, 9.17) is 0 Å². The zero-order chi connectivity index (χ0) is 13.7. The van der Waals surface area contributed by atoms with Crippen LogP contribution in [0, 0.1) is 11.6 Å². The van der Waals surface area contributed by atoms with Crippen LogP contribution < -0.4 is 10.6 Å². The van der Waals surface area contributed by atoms with Crippen LogP contribution in [0.2, 0.25) is 0 Å². The minimum Gasteiger partial charge on any atom is -0.352 e. The molecule has 20 heavy (non-hydrogen) atoms. The molecule has 0 unspecified atom stereocenters. The zero-order valence-electron chi connectivity index (χ0n) is 11.1. The standard InChI is InChI=1S/C14H18F2N2O.ClH/c15-11-4-5-13(16)10(8-11)3-6-14(19)18-12-2-1-7-17-9-12;/h4-5,8,12,17H,1-3,6-7,9H2,(H,18,19);1H/t12-;/m0./s1. The molecule has 1 heterocycles. The first kappa shape index (κ1) is 16.9. The van der Waals surface area contributed by atoms with Gasteiger partial charge < -0.3 is 10.6 Å². The summed E-state index contributed by atoms with van der Waals surface area (Å²) in [6.45, 7) is 1.76. The van der Waals surface area contributed by atoms with Gasteiger partial charge in [-0.2, -0.15) is 0 Å². The van der Waals surface area contributed by atoms with Crippen LogP contribution in [-0.4, -0.2) is 25.0 Å². The molecule has 0 saturated carbocycles. The maximum atomic E-state index is 13.4. The summed E-state index contributed by atoms with van der Waals surface area (Å²) in [6.07, 6.45) is 2.41. The van der Waals surface area contributed by atoms with Crippen LogP contribution in [0.1, 0.15) is 24.8 Å². The number of rotatable bonds is 4. The largest absolute Gasteiger partial charge is 0.352 e. The summed E-state index contributed by atoms with van der Waals surface area (Å²) in [5.41, 5.74) is 0.247. The Kier molecular flexibility index (Phi) is 6.88. The number of carbonyl (C=O) groups is 1. The van der Waals surface area contributed by atoms with Crippen molar-refractivity contribution >= 4 is 18.3 Å². The Morgan fingerprint density at radius 2 is 2.20 bits per heavy atom. The lowest BCUT2D eigenvalue weighted by atomic mass is 10.1. The number of halogens is 3. The van der Waals surface area contributed by atoms with E-state index in [0.717, 1.165) is 44.1 Å². The molecule has 112 valence electrons. The van der Waals surface area contributed by atoms with E-state index in [2.05, 4.69) is 10.6 Å². The molecule has 3 nitrogen and oxygen atoms in total. The summed E-state index contributed by atoms with van der Waals surface area (Å²) in [4.78, 5) is 11.7. The molecule has 1 atom stereocenters. The lowest BCUT2D eigenvalue weighted by Gasteiger charge is -2.23. The number of carbonyl (C=O) groups excluding carboxylic acids is 1. The summed E-state index contributed by atoms with van der Waals surface area (Å²) < 4.78 is 26.3. The average molecular weight is 305 g/mol. The Morgan fingerprint density at radius 3 is 2.90 bits per heavy atom. The number of amides is 1. The SMILES string of the molecule is Cl.O=C(CCc1cc(F)ccc1F)N[C@H]1CCCNC1. The number of hydrogen-bond donors (Lipinski definition) is 2. The number of piperidine rings is 1. The minimum atomic E-state index is -0.478. The Bertz CT molecular complexity index is 451. The molecule has 1 aromatic rings. The first-order valence-corrected chi connectivity index (χ1v) is 6.59. The number of benzene rings is 1. The van der Waals surface area contributed by atoms with Gasteiger partial charge in [0.25, 0.3) is 0 Å². The zero-order valence-corrected chi connectivity index (χ0v) is 11.9. The Morgan fingerprint density at radius 1 is 1.40 bits per heavy atom. The highest BCUT2D eigenvalue weighted by molar-refractivity contribution is 5.85. The fourth-order valence-corrected chi connectivity index (χ4v) is 2.26. The molecule has 1 saturated heterocycles. The van der Waals surface area contributed by atoms with Crippen LogP contribution in [0.15, 0.2) is 18.2 Å². The molecule has 1 aromatic carbocycles. The van der Waals surface area contributed by atoms with E-state index in [9.17, 15) is 13.6 Å². The second-order valence-corrected chi connectivity index (χ2v) is 4.85. The summed E-state index contributed by atoms with van der Waals surface area (Å²) in [5, 5.41) is 6.11. The summed E-state index contributed by atoms with van der Waals surface area (Å²) >= 11 is 0. The normalized spacial score (nSPS) is 18.2. The highest BCUT2D eigenvalue weighted by Crippen LogP contribution is 2.12. The third-order valence-electron chi connectivity index (χ3n) is 3.29. The van der Waals surface area contributed by atoms with Gasteiger partial charge in [0.05, 0.1) is 0 Å². The molecule has 6 heteroatoms. The van der Waals surface area contributed by atoms with Crippen molar-refractivity contribution in [2.45, 2.75) is 31.7 Å². The highest BCUT2D eigenvalue weighted by atomic mass is 35.5. The van der Waals surface area contributed by atoms with E-state index in [1.54, 1.807) is 0 Å². The smallest absolute Gasteiger partial charge is 0.220 e. The number of aryl methyl sites for hydroxylation is 1. The molecule has 2 rings (SSSR count). The molecule has 0 aliphatic carbocycles. The Balaban J connectivity index is 0.00000200. The van der Waals surface area contributed by atoms with E-state index in [1.165, 1.54) is 0 Å². The summed E-state index contributed by atoms with van der Waals surface area (Å²) in [6, 6.07) is 3.46. The number of nitrogens with one attached hydrogen (secondary N) is 2. The highest BCUT2D eigenvalue weighted by Gasteiger charge is 2.15. The van der Waals surface area contributed by atoms with Crippen LogP contribution in [0.4, 0.5) is 8.78 Å². The van der Waals surface area contributed by atoms with Crippen LogP contribution in [0.25, 0.3) is 0 Å². The fourth-order valence-electron chi connectivity index (χ4n) is 2.26. The first-order chi connectivity index (χ1) is 9.15. The molecule has 0 bridgehead atoms. The molecule has 1 amide bonds. The van der Waals surface area contributed by atoms with E-state index < -0.39 is 11.6 Å². The molecule has 0 radical (unpaired) electrons. The molecule has 0 aromatic heterocycles. The predicted molar refractivity (Wildman–Crippen MR) is 76.0 cm³/mol. The molecule has 0 spiro atoms. The maximum absolute atomic E-state index is 13.4. The van der Waals surface area contributed by atoms with Crippen molar-refractivity contribution in [2.24, 2.45) is 0 Å². The Hall–Kier alpha value is -1.20. The van der Waals surface area contributed by atoms with Gasteiger partial charge >= 0.3 is 0 Å². The number of hydrogen-bond acceptors (Lipinski definition) is 2. The van der Waals surface area contributed by atoms with E-state index in [0.29, 0.717) is 0 Å². The van der Waals surface area contributed by atoms with Crippen molar-refractivity contribution in [3.63, 3.8) is 0 Å². The predicted octanol–water partition coefficient (Wildman–Crippen LogP) is 2.19. The maximum Gasteiger partial charge on any atom is 0.220 e. The van der Waals surface area contributed by atoms with Gasteiger partial charge in [-0.3, -0.25) is 4.79 Å². The molecule has 2 N–H and O–H groups in total. The van der Waals surface area contributed by atoms with Gasteiger partial charge in [-0.15, -0.1) is 12.4 Å². The lowest BCUT2D eigenvalue weighted by molar-refractivity contribution is -0.121. The van der Waals surface area contributed by atoms with Gasteiger partial charge in [-0.25, -0.2) is 8.78 Å². The van der Waals surface area contributed by atoms with Gasteiger partial charge in [-0.05, 0) is 49.6 Å². The van der Waals surface area contributed by atoms with Crippen molar-refractivity contribution in [1.29, 1.82) is 0 Å². The fraction of sp³-hybridized carbons (Fsp3) is 0.500. The molecular formula is C14H19ClF2N2O. The van der Waals surface area contributed by atoms with Gasteiger partial charge in [0, 0.05) is 19.0 Å². The van der Waals surface area contributed by atoms with Gasteiger partial charge in [0.2, 0.25) is 5.91 Å². The molecule has 1 aliphatic heterocycles. The Labute approximate surface area is 123 Å². The van der Waals surface area contributed by atoms with Crippen molar-refractivity contribution in [3.8, 4) is 0 Å². The van der Waals surface area contributed by atoms with Gasteiger partial charge in [0.1, 0.15) is 11.6 Å². The van der Waals surface area contributed by atoms with Crippen molar-refractivity contribution < 1.29 is 13.6 Å². The summed E-state index contributed by atoms with van der Waals surface area (Å²) in [7, 11) is 0. The van der Waals surface area contributed by atoms with Gasteiger partial charge in [-0.1, -0.05) is 0 Å². The van der Waals surface area contributed by atoms with E-state index >= 15 is 0 Å². The third kappa shape index (κ3) is 5.06. The topological polar surface area (TPSA) is 41.1 Å². The van der Waals surface area contributed by atoms with Gasteiger partial charge in [0.15, 0.2) is 0 Å². The third-order valence-corrected chi connectivity index (χ3v) is 3.29. The molecule has 1 aliphatic rings. The molecule has 1 fully saturated rings.